The van der Waals surface area contributed by atoms with Gasteiger partial charge in [-0.25, -0.2) is 4.79 Å². The zero-order valence-corrected chi connectivity index (χ0v) is 20.6. The molecule has 2 fully saturated rings. The van der Waals surface area contributed by atoms with Crippen molar-refractivity contribution in [1.82, 2.24) is 20.4 Å². The molecule has 7 nitrogen and oxygen atoms in total. The highest BCUT2D eigenvalue weighted by Crippen LogP contribution is 2.19. The van der Waals surface area contributed by atoms with E-state index in [4.69, 9.17) is 9.73 Å². The molecule has 0 aromatic rings. The van der Waals surface area contributed by atoms with Crippen molar-refractivity contribution in [3.63, 3.8) is 0 Å². The van der Waals surface area contributed by atoms with E-state index in [1.165, 1.54) is 25.9 Å². The quantitative estimate of drug-likeness (QED) is 0.339. The fraction of sp³-hybridized carbons (Fsp3) is 0.900. The van der Waals surface area contributed by atoms with E-state index >= 15 is 0 Å². The zero-order chi connectivity index (χ0) is 19.9. The molecule has 28 heavy (non-hydrogen) atoms. The van der Waals surface area contributed by atoms with Crippen molar-refractivity contribution in [3.8, 4) is 0 Å². The average Bonchev–Trinajstić information content (AvgIpc) is 3.02. The molecule has 1 unspecified atom stereocenters. The van der Waals surface area contributed by atoms with Crippen LogP contribution in [0, 0.1) is 5.92 Å². The molecule has 0 spiro atoms. The number of nitrogens with one attached hydrogen (secondary N) is 2. The number of carbonyl (C=O) groups is 1. The van der Waals surface area contributed by atoms with Gasteiger partial charge >= 0.3 is 6.09 Å². The molecule has 0 aromatic heterocycles. The van der Waals surface area contributed by atoms with Gasteiger partial charge < -0.3 is 25.2 Å². The Kier molecular flexibility index (Phi) is 10.9. The van der Waals surface area contributed by atoms with Crippen LogP contribution in [0.25, 0.3) is 0 Å². The number of hydrogen-bond acceptors (Lipinski definition) is 4. The van der Waals surface area contributed by atoms with E-state index in [1.807, 2.05) is 20.8 Å². The minimum absolute atomic E-state index is 0. The molecule has 0 radical (unpaired) electrons. The monoisotopic (exact) mass is 509 g/mol. The number of carbonyl (C=O) groups excluding carboxylic acids is 1. The van der Waals surface area contributed by atoms with E-state index in [0.29, 0.717) is 0 Å². The molecular formula is C20H40IN5O2. The summed E-state index contributed by atoms with van der Waals surface area (Å²) in [4.78, 5) is 21.5. The molecule has 2 saturated heterocycles. The van der Waals surface area contributed by atoms with Gasteiger partial charge in [-0.15, -0.1) is 24.0 Å². The predicted molar refractivity (Wildman–Crippen MR) is 126 cm³/mol. The smallest absolute Gasteiger partial charge is 0.407 e. The van der Waals surface area contributed by atoms with E-state index in [2.05, 4.69) is 34.4 Å². The van der Waals surface area contributed by atoms with Crippen molar-refractivity contribution in [2.75, 3.05) is 46.3 Å². The van der Waals surface area contributed by atoms with Crippen LogP contribution in [0.2, 0.25) is 0 Å². The highest BCUT2D eigenvalue weighted by Gasteiger charge is 2.28. The van der Waals surface area contributed by atoms with Crippen LogP contribution in [0.5, 0.6) is 0 Å². The first-order valence-electron chi connectivity index (χ1n) is 10.5. The van der Waals surface area contributed by atoms with Gasteiger partial charge in [-0.2, -0.15) is 0 Å². The Bertz CT molecular complexity index is 501. The van der Waals surface area contributed by atoms with E-state index < -0.39 is 5.60 Å². The first kappa shape index (κ1) is 25.3. The van der Waals surface area contributed by atoms with Gasteiger partial charge in [0.2, 0.25) is 0 Å². The topological polar surface area (TPSA) is 69.2 Å². The first-order valence-corrected chi connectivity index (χ1v) is 10.5. The Labute approximate surface area is 188 Å². The minimum Gasteiger partial charge on any atom is -0.444 e. The van der Waals surface area contributed by atoms with Gasteiger partial charge in [0, 0.05) is 26.2 Å². The standard InChI is InChI=1S/C20H39N5O2.HI/c1-6-21-18(22-11-7-16-8-12-24(5)13-9-16)25-14-10-17(15-25)23-19(26)27-20(2,3)4;/h16-17H,6-15H2,1-5H3,(H,21,22)(H,23,26);1H. The number of guanidine groups is 1. The first-order chi connectivity index (χ1) is 12.8. The lowest BCUT2D eigenvalue weighted by Gasteiger charge is -2.28. The largest absolute Gasteiger partial charge is 0.444 e. The van der Waals surface area contributed by atoms with Crippen LogP contribution in [-0.2, 0) is 4.74 Å². The lowest BCUT2D eigenvalue weighted by molar-refractivity contribution is 0.0507. The Morgan fingerprint density at radius 2 is 1.86 bits per heavy atom. The van der Waals surface area contributed by atoms with Crippen LogP contribution in [0.1, 0.15) is 53.4 Å². The van der Waals surface area contributed by atoms with Gasteiger partial charge in [-0.3, -0.25) is 4.99 Å². The van der Waals surface area contributed by atoms with Crippen molar-refractivity contribution in [2.45, 2.75) is 65.0 Å². The Balaban J connectivity index is 0.00000392. The summed E-state index contributed by atoms with van der Waals surface area (Å²) in [5.74, 6) is 1.77. The normalized spacial score (nSPS) is 22.0. The third-order valence-electron chi connectivity index (χ3n) is 5.18. The fourth-order valence-corrected chi connectivity index (χ4v) is 3.67. The molecule has 0 aliphatic carbocycles. The van der Waals surface area contributed by atoms with Gasteiger partial charge in [0.15, 0.2) is 5.96 Å². The predicted octanol–water partition coefficient (Wildman–Crippen LogP) is 2.90. The molecule has 0 aromatic carbocycles. The highest BCUT2D eigenvalue weighted by atomic mass is 127. The SMILES string of the molecule is CCNC(=NCCC1CCN(C)CC1)N1CCC(NC(=O)OC(C)(C)C)C1.I. The van der Waals surface area contributed by atoms with Gasteiger partial charge in [0.25, 0.3) is 0 Å². The number of alkyl carbamates (subject to hydrolysis) is 1. The summed E-state index contributed by atoms with van der Waals surface area (Å²) in [5.41, 5.74) is -0.466. The molecule has 164 valence electrons. The maximum atomic E-state index is 12.0. The number of amides is 1. The van der Waals surface area contributed by atoms with Crippen molar-refractivity contribution in [3.05, 3.63) is 0 Å². The molecule has 2 heterocycles. The van der Waals surface area contributed by atoms with Gasteiger partial charge in [0.1, 0.15) is 5.60 Å². The molecule has 2 N–H and O–H groups in total. The van der Waals surface area contributed by atoms with Crippen molar-refractivity contribution in [1.29, 1.82) is 0 Å². The average molecular weight is 509 g/mol. The summed E-state index contributed by atoms with van der Waals surface area (Å²) in [5, 5.41) is 6.39. The number of aliphatic imine (C=N–C) groups is 1. The number of hydrogen-bond donors (Lipinski definition) is 2. The molecule has 0 bridgehead atoms. The number of rotatable bonds is 5. The molecule has 2 aliphatic heterocycles. The second-order valence-electron chi connectivity index (χ2n) is 8.85. The van der Waals surface area contributed by atoms with Crippen LogP contribution in [0.4, 0.5) is 4.79 Å². The van der Waals surface area contributed by atoms with Crippen LogP contribution in [-0.4, -0.2) is 79.8 Å². The van der Waals surface area contributed by atoms with Crippen LogP contribution >= 0.6 is 24.0 Å². The third-order valence-corrected chi connectivity index (χ3v) is 5.18. The number of likely N-dealkylation sites (tertiary alicyclic amines) is 2. The minimum atomic E-state index is -0.466. The zero-order valence-electron chi connectivity index (χ0n) is 18.3. The lowest BCUT2D eigenvalue weighted by atomic mass is 9.94. The molecule has 0 saturated carbocycles. The van der Waals surface area contributed by atoms with E-state index in [1.54, 1.807) is 0 Å². The molecular weight excluding hydrogens is 469 g/mol. The number of piperidine rings is 1. The van der Waals surface area contributed by atoms with Crippen molar-refractivity contribution < 1.29 is 9.53 Å². The van der Waals surface area contributed by atoms with Crippen LogP contribution in [0.3, 0.4) is 0 Å². The Morgan fingerprint density at radius 3 is 2.46 bits per heavy atom. The Hall–Kier alpha value is -0.770. The maximum absolute atomic E-state index is 12.0. The summed E-state index contributed by atoms with van der Waals surface area (Å²) in [6.07, 6.45) is 4.32. The van der Waals surface area contributed by atoms with Crippen molar-refractivity contribution in [2.24, 2.45) is 10.9 Å². The highest BCUT2D eigenvalue weighted by molar-refractivity contribution is 14.0. The maximum Gasteiger partial charge on any atom is 0.407 e. The van der Waals surface area contributed by atoms with Crippen LogP contribution in [0.15, 0.2) is 4.99 Å². The van der Waals surface area contributed by atoms with E-state index in [0.717, 1.165) is 50.9 Å². The molecule has 8 heteroatoms. The summed E-state index contributed by atoms with van der Waals surface area (Å²) in [6.45, 7) is 13.6. The second-order valence-corrected chi connectivity index (χ2v) is 8.85. The number of halogens is 1. The fourth-order valence-electron chi connectivity index (χ4n) is 3.67. The summed E-state index contributed by atoms with van der Waals surface area (Å²) >= 11 is 0. The van der Waals surface area contributed by atoms with Crippen molar-refractivity contribution >= 4 is 36.0 Å². The number of nitrogens with zero attached hydrogens (tertiary/aromatic N) is 3. The van der Waals surface area contributed by atoms with Gasteiger partial charge in [-0.1, -0.05) is 0 Å². The van der Waals surface area contributed by atoms with E-state index in [9.17, 15) is 4.79 Å². The molecule has 2 aliphatic rings. The summed E-state index contributed by atoms with van der Waals surface area (Å²) in [7, 11) is 2.20. The van der Waals surface area contributed by atoms with E-state index in [-0.39, 0.29) is 36.1 Å². The molecule has 1 atom stereocenters. The molecule has 2 rings (SSSR count). The lowest BCUT2D eigenvalue weighted by Crippen LogP contribution is -2.44. The molecule has 1 amide bonds. The Morgan fingerprint density at radius 1 is 1.18 bits per heavy atom. The second kappa shape index (κ2) is 12.0. The third kappa shape index (κ3) is 9.15. The number of ether oxygens (including phenoxy) is 1. The van der Waals surface area contributed by atoms with Gasteiger partial charge in [-0.05, 0) is 79.4 Å². The van der Waals surface area contributed by atoms with Gasteiger partial charge in [0.05, 0.1) is 6.04 Å². The van der Waals surface area contributed by atoms with Crippen LogP contribution < -0.4 is 10.6 Å². The summed E-state index contributed by atoms with van der Waals surface area (Å²) in [6, 6.07) is 0.109. The summed E-state index contributed by atoms with van der Waals surface area (Å²) < 4.78 is 5.36.